The molecule has 0 aliphatic rings. The lowest BCUT2D eigenvalue weighted by Gasteiger charge is -2.14. The third-order valence-corrected chi connectivity index (χ3v) is 4.75. The molecule has 0 saturated heterocycles. The number of aliphatic imine (C=N–C) groups is 2. The van der Waals surface area contributed by atoms with Crippen LogP contribution in [0.2, 0.25) is 5.02 Å². The van der Waals surface area contributed by atoms with Gasteiger partial charge < -0.3 is 10.4 Å². The van der Waals surface area contributed by atoms with Crippen LogP contribution in [0.1, 0.15) is 45.2 Å². The predicted octanol–water partition coefficient (Wildman–Crippen LogP) is 6.04. The average molecular weight is 443 g/mol. The monoisotopic (exact) mass is 442 g/mol. The molecule has 0 aliphatic carbocycles. The van der Waals surface area contributed by atoms with Gasteiger partial charge in [0.1, 0.15) is 17.3 Å². The van der Waals surface area contributed by atoms with E-state index in [0.29, 0.717) is 33.4 Å². The maximum atomic E-state index is 13.7. The van der Waals surface area contributed by atoms with E-state index in [1.165, 1.54) is 18.3 Å². The molecule has 1 aromatic carbocycles. The normalized spacial score (nSPS) is 13.8. The van der Waals surface area contributed by atoms with Crippen molar-refractivity contribution >= 4 is 23.5 Å². The van der Waals surface area contributed by atoms with Gasteiger partial charge in [-0.1, -0.05) is 32.0 Å². The molecule has 0 bridgehead atoms. The lowest BCUT2D eigenvalue weighted by molar-refractivity contribution is 0.472. The third-order valence-electron chi connectivity index (χ3n) is 4.53. The molecule has 31 heavy (non-hydrogen) atoms. The highest BCUT2D eigenvalue weighted by molar-refractivity contribution is 6.30. The molecule has 0 amide bonds. The number of aromatic hydroxyl groups is 1. The summed E-state index contributed by atoms with van der Waals surface area (Å²) in [4.78, 5) is 13.3. The lowest BCUT2D eigenvalue weighted by atomic mass is 10.1. The number of aromatic nitrogens is 1. The molecule has 2 N–H and O–H groups in total. The summed E-state index contributed by atoms with van der Waals surface area (Å²) < 4.78 is 13.7. The van der Waals surface area contributed by atoms with Gasteiger partial charge in [-0.05, 0) is 61.6 Å². The van der Waals surface area contributed by atoms with E-state index in [4.69, 9.17) is 16.6 Å². The summed E-state index contributed by atoms with van der Waals surface area (Å²) in [5, 5.41) is 13.3. The summed E-state index contributed by atoms with van der Waals surface area (Å²) in [6.07, 6.45) is 5.79. The molecule has 0 spiro atoms. The molecule has 0 aliphatic heterocycles. The lowest BCUT2D eigenvalue weighted by Crippen LogP contribution is -2.16. The van der Waals surface area contributed by atoms with Crippen LogP contribution in [0.25, 0.3) is 0 Å². The van der Waals surface area contributed by atoms with Crippen LogP contribution in [0.15, 0.2) is 70.3 Å². The highest BCUT2D eigenvalue weighted by Crippen LogP contribution is 2.19. The van der Waals surface area contributed by atoms with Crippen LogP contribution >= 0.6 is 11.6 Å². The minimum absolute atomic E-state index is 0.0508. The highest BCUT2D eigenvalue weighted by atomic mass is 35.5. The Bertz CT molecular complexity index is 1010. The molecule has 164 valence electrons. The highest BCUT2D eigenvalue weighted by Gasteiger charge is 2.10. The minimum Gasteiger partial charge on any atom is -0.506 e. The van der Waals surface area contributed by atoms with Crippen LogP contribution in [0, 0.1) is 11.7 Å². The molecule has 2 aromatic rings. The first-order valence-electron chi connectivity index (χ1n) is 10.0. The van der Waals surface area contributed by atoms with E-state index >= 15 is 0 Å². The Hall–Kier alpha value is -2.99. The molecule has 5 nitrogen and oxygen atoms in total. The van der Waals surface area contributed by atoms with Gasteiger partial charge in [-0.25, -0.2) is 9.38 Å². The Labute approximate surface area is 188 Å². The molecule has 1 atom stereocenters. The van der Waals surface area contributed by atoms with Crippen molar-refractivity contribution in [1.82, 2.24) is 10.3 Å². The number of pyridine rings is 1. The summed E-state index contributed by atoms with van der Waals surface area (Å²) in [6, 6.07) is 5.94. The summed E-state index contributed by atoms with van der Waals surface area (Å²) in [5.41, 5.74) is 3.28. The van der Waals surface area contributed by atoms with Gasteiger partial charge in [0.05, 0.1) is 6.20 Å². The molecule has 0 fully saturated rings. The first-order valence-corrected chi connectivity index (χ1v) is 10.4. The summed E-state index contributed by atoms with van der Waals surface area (Å²) >= 11 is 5.98. The van der Waals surface area contributed by atoms with E-state index < -0.39 is 5.82 Å². The molecule has 2 rings (SSSR count). The molecule has 1 heterocycles. The van der Waals surface area contributed by atoms with Crippen molar-refractivity contribution in [3.8, 4) is 5.75 Å². The number of halogens is 2. The van der Waals surface area contributed by atoms with Crippen molar-refractivity contribution in [3.05, 3.63) is 82.3 Å². The van der Waals surface area contributed by atoms with Crippen molar-refractivity contribution in [2.45, 2.75) is 40.7 Å². The van der Waals surface area contributed by atoms with Crippen LogP contribution in [0.4, 0.5) is 4.39 Å². The van der Waals surface area contributed by atoms with Crippen LogP contribution < -0.4 is 5.32 Å². The smallest absolute Gasteiger partial charge is 0.152 e. The Morgan fingerprint density at radius 1 is 1.29 bits per heavy atom. The number of nitrogens with one attached hydrogen (secondary N) is 1. The summed E-state index contributed by atoms with van der Waals surface area (Å²) in [5.74, 6) is 0.413. The second-order valence-electron chi connectivity index (χ2n) is 7.40. The van der Waals surface area contributed by atoms with Crippen molar-refractivity contribution in [3.63, 3.8) is 0 Å². The fourth-order valence-corrected chi connectivity index (χ4v) is 2.86. The SMILES string of the molecule is C=C(C)/C(N=CC(C)CC)=C(\N=C(C)c1cncc(O)c1)NCc1cc(F)cc(Cl)c1. The predicted molar refractivity (Wildman–Crippen MR) is 126 cm³/mol. The Kier molecular flexibility index (Phi) is 8.94. The molecule has 7 heteroatoms. The van der Waals surface area contributed by atoms with E-state index in [0.717, 1.165) is 12.0 Å². The van der Waals surface area contributed by atoms with E-state index in [1.807, 2.05) is 20.1 Å². The summed E-state index contributed by atoms with van der Waals surface area (Å²) in [6.45, 7) is 12.2. The van der Waals surface area contributed by atoms with Crippen LogP contribution in [0.5, 0.6) is 5.75 Å². The van der Waals surface area contributed by atoms with Gasteiger partial charge in [-0.3, -0.25) is 9.98 Å². The van der Waals surface area contributed by atoms with Gasteiger partial charge >= 0.3 is 0 Å². The van der Waals surface area contributed by atoms with Gasteiger partial charge in [-0.15, -0.1) is 0 Å². The second-order valence-corrected chi connectivity index (χ2v) is 7.84. The van der Waals surface area contributed by atoms with E-state index in [1.54, 1.807) is 18.3 Å². The number of rotatable bonds is 9. The topological polar surface area (TPSA) is 69.9 Å². The summed E-state index contributed by atoms with van der Waals surface area (Å²) in [7, 11) is 0. The van der Waals surface area contributed by atoms with Crippen molar-refractivity contribution < 1.29 is 9.50 Å². The molecular weight excluding hydrogens is 415 g/mol. The minimum atomic E-state index is -0.407. The number of hydrogen-bond acceptors (Lipinski definition) is 5. The van der Waals surface area contributed by atoms with Crippen LogP contribution in [-0.2, 0) is 6.54 Å². The van der Waals surface area contributed by atoms with Crippen molar-refractivity contribution in [1.29, 1.82) is 0 Å². The van der Waals surface area contributed by atoms with Gasteiger partial charge in [0.25, 0.3) is 0 Å². The number of benzene rings is 1. The zero-order valence-electron chi connectivity index (χ0n) is 18.3. The van der Waals surface area contributed by atoms with E-state index in [-0.39, 0.29) is 18.2 Å². The standard InChI is InChI=1S/C24H28ClFN4O/c1-6-16(4)11-28-23(15(2)3)24(29-12-18-7-20(25)10-21(26)8-18)30-17(5)19-9-22(31)14-27-13-19/h7-11,13-14,16,29,31H,2,6,12H2,1,3-5H3/b24-23+,28-11?,30-17?. The number of allylic oxidation sites excluding steroid dienone is 1. The van der Waals surface area contributed by atoms with Crippen LogP contribution in [0.3, 0.4) is 0 Å². The molecular formula is C24H28ClFN4O. The van der Waals surface area contributed by atoms with E-state index in [9.17, 15) is 9.50 Å². The van der Waals surface area contributed by atoms with Gasteiger partial charge in [0.2, 0.25) is 0 Å². The Balaban J connectivity index is 2.49. The first kappa shape index (κ1) is 24.3. The Morgan fingerprint density at radius 3 is 2.65 bits per heavy atom. The molecule has 0 saturated carbocycles. The maximum absolute atomic E-state index is 13.7. The fraction of sp³-hybridized carbons (Fsp3) is 0.292. The van der Waals surface area contributed by atoms with Gasteiger partial charge in [-0.2, -0.15) is 0 Å². The fourth-order valence-electron chi connectivity index (χ4n) is 2.61. The van der Waals surface area contributed by atoms with Gasteiger partial charge in [0.15, 0.2) is 5.82 Å². The third kappa shape index (κ3) is 7.64. The molecule has 0 radical (unpaired) electrons. The van der Waals surface area contributed by atoms with Crippen molar-refractivity contribution in [2.75, 3.05) is 0 Å². The average Bonchev–Trinajstić information content (AvgIpc) is 2.70. The van der Waals surface area contributed by atoms with E-state index in [2.05, 4.69) is 35.7 Å². The second kappa shape index (κ2) is 11.4. The zero-order chi connectivity index (χ0) is 23.0. The largest absolute Gasteiger partial charge is 0.506 e. The van der Waals surface area contributed by atoms with Crippen LogP contribution in [-0.4, -0.2) is 22.0 Å². The Morgan fingerprint density at radius 2 is 2.03 bits per heavy atom. The number of nitrogens with zero attached hydrogens (tertiary/aromatic N) is 3. The quantitative estimate of drug-likeness (QED) is 0.367. The molecule has 1 unspecified atom stereocenters. The zero-order valence-corrected chi connectivity index (χ0v) is 19.0. The molecule has 1 aromatic heterocycles. The maximum Gasteiger partial charge on any atom is 0.152 e. The van der Waals surface area contributed by atoms with Gasteiger partial charge in [0, 0.05) is 35.3 Å². The van der Waals surface area contributed by atoms with Crippen molar-refractivity contribution in [2.24, 2.45) is 15.9 Å². The number of hydrogen-bond donors (Lipinski definition) is 2. The first-order chi connectivity index (χ1) is 14.7.